The molecule has 0 amide bonds. The fourth-order valence-corrected chi connectivity index (χ4v) is 2.94. The molecule has 3 aromatic heterocycles. The van der Waals surface area contributed by atoms with Gasteiger partial charge in [0.05, 0.1) is 22.1 Å². The van der Waals surface area contributed by atoms with Gasteiger partial charge in [-0.2, -0.15) is 0 Å². The Morgan fingerprint density at radius 1 is 1.08 bits per heavy atom. The van der Waals surface area contributed by atoms with Crippen molar-refractivity contribution in [3.63, 3.8) is 0 Å². The van der Waals surface area contributed by atoms with Crippen LogP contribution in [0.1, 0.15) is 12.7 Å². The molecular weight excluding hydrogens is 298 g/mol. The topological polar surface area (TPSA) is 66.8 Å². The highest BCUT2D eigenvalue weighted by molar-refractivity contribution is 6.20. The molecule has 0 saturated heterocycles. The predicted octanol–water partition coefficient (Wildman–Crippen LogP) is 4.28. The summed E-state index contributed by atoms with van der Waals surface area (Å²) in [6.07, 6.45) is 9.16. The number of rotatable bonds is 3. The zero-order valence-electron chi connectivity index (χ0n) is 13.2. The molecule has 0 unspecified atom stereocenters. The zero-order valence-corrected chi connectivity index (χ0v) is 13.2. The van der Waals surface area contributed by atoms with Crippen LogP contribution in [-0.4, -0.2) is 26.7 Å². The summed E-state index contributed by atoms with van der Waals surface area (Å²) >= 11 is 0. The molecular formula is C19H15N5. The number of pyridine rings is 2. The molecule has 0 saturated carbocycles. The maximum atomic E-state index is 4.80. The van der Waals surface area contributed by atoms with Gasteiger partial charge in [0.2, 0.25) is 0 Å². The van der Waals surface area contributed by atoms with Gasteiger partial charge in [-0.15, -0.1) is 0 Å². The van der Waals surface area contributed by atoms with Gasteiger partial charge in [0.25, 0.3) is 0 Å². The summed E-state index contributed by atoms with van der Waals surface area (Å²) < 4.78 is 0. The smallest absolute Gasteiger partial charge is 0.140 e. The van der Waals surface area contributed by atoms with Crippen LogP contribution in [0.2, 0.25) is 0 Å². The molecule has 0 aliphatic carbocycles. The number of aromatic nitrogens is 4. The van der Waals surface area contributed by atoms with E-state index in [2.05, 4.69) is 26.7 Å². The van der Waals surface area contributed by atoms with Gasteiger partial charge in [0, 0.05) is 34.9 Å². The molecule has 116 valence electrons. The molecule has 0 aliphatic rings. The van der Waals surface area contributed by atoms with Crippen molar-refractivity contribution in [1.82, 2.24) is 19.9 Å². The number of aromatic amines is 1. The summed E-state index contributed by atoms with van der Waals surface area (Å²) in [4.78, 5) is 21.1. The lowest BCUT2D eigenvalue weighted by Crippen LogP contribution is -1.86. The molecule has 3 heterocycles. The first kappa shape index (κ1) is 14.3. The van der Waals surface area contributed by atoms with E-state index in [1.165, 1.54) is 0 Å². The molecule has 4 aromatic rings. The summed E-state index contributed by atoms with van der Waals surface area (Å²) in [7, 11) is 0. The quantitative estimate of drug-likeness (QED) is 0.349. The Morgan fingerprint density at radius 2 is 1.79 bits per heavy atom. The van der Waals surface area contributed by atoms with Crippen molar-refractivity contribution >= 4 is 45.1 Å². The molecule has 4 rings (SSSR count). The predicted molar refractivity (Wildman–Crippen MR) is 99.0 cm³/mol. The molecule has 0 spiro atoms. The van der Waals surface area contributed by atoms with Crippen molar-refractivity contribution in [3.05, 3.63) is 60.8 Å². The lowest BCUT2D eigenvalue weighted by atomic mass is 10.1. The lowest BCUT2D eigenvalue weighted by Gasteiger charge is -2.03. The summed E-state index contributed by atoms with van der Waals surface area (Å²) in [6, 6.07) is 7.89. The maximum Gasteiger partial charge on any atom is 0.140 e. The second-order valence-corrected chi connectivity index (χ2v) is 5.38. The third-order valence-corrected chi connectivity index (χ3v) is 3.92. The van der Waals surface area contributed by atoms with E-state index < -0.39 is 0 Å². The highest BCUT2D eigenvalue weighted by atomic mass is 14.9. The number of fused-ring (bicyclic) bond motifs is 6. The van der Waals surface area contributed by atoms with E-state index in [0.717, 1.165) is 44.2 Å². The second-order valence-electron chi connectivity index (χ2n) is 5.38. The minimum Gasteiger partial charge on any atom is -0.337 e. The highest BCUT2D eigenvalue weighted by Crippen LogP contribution is 2.32. The van der Waals surface area contributed by atoms with Crippen molar-refractivity contribution < 1.29 is 0 Å². The van der Waals surface area contributed by atoms with Crippen LogP contribution >= 0.6 is 0 Å². The van der Waals surface area contributed by atoms with E-state index in [0.29, 0.717) is 0 Å². The number of hydrogen-bond acceptors (Lipinski definition) is 4. The van der Waals surface area contributed by atoms with Crippen LogP contribution in [0.4, 0.5) is 0 Å². The van der Waals surface area contributed by atoms with Crippen molar-refractivity contribution in [2.45, 2.75) is 6.92 Å². The SMILES string of the molecule is C=N/C=C(\C=C/C)c1nc2c3cccnc3c3ncccc3c2[nH]1. The van der Waals surface area contributed by atoms with Gasteiger partial charge < -0.3 is 4.98 Å². The number of hydrogen-bond donors (Lipinski definition) is 1. The number of imidazole rings is 1. The summed E-state index contributed by atoms with van der Waals surface area (Å²) in [6.45, 7) is 5.50. The molecule has 24 heavy (non-hydrogen) atoms. The zero-order chi connectivity index (χ0) is 16.5. The molecule has 1 aromatic carbocycles. The van der Waals surface area contributed by atoms with Gasteiger partial charge in [-0.25, -0.2) is 4.98 Å². The van der Waals surface area contributed by atoms with Gasteiger partial charge in [-0.05, 0) is 37.9 Å². The molecule has 5 heteroatoms. The van der Waals surface area contributed by atoms with Crippen molar-refractivity contribution in [2.75, 3.05) is 0 Å². The van der Waals surface area contributed by atoms with E-state index in [-0.39, 0.29) is 0 Å². The van der Waals surface area contributed by atoms with E-state index in [9.17, 15) is 0 Å². The summed E-state index contributed by atoms with van der Waals surface area (Å²) in [5.41, 5.74) is 4.44. The number of allylic oxidation sites excluding steroid dienone is 3. The van der Waals surface area contributed by atoms with E-state index >= 15 is 0 Å². The Bertz CT molecular complexity index is 1060. The van der Waals surface area contributed by atoms with Gasteiger partial charge in [-0.1, -0.05) is 12.2 Å². The van der Waals surface area contributed by atoms with E-state index in [1.54, 1.807) is 18.6 Å². The second kappa shape index (κ2) is 5.70. The minimum atomic E-state index is 0.747. The van der Waals surface area contributed by atoms with Crippen molar-refractivity contribution in [2.24, 2.45) is 4.99 Å². The Labute approximate surface area is 138 Å². The average Bonchev–Trinajstić information content (AvgIpc) is 3.07. The molecule has 5 nitrogen and oxygen atoms in total. The van der Waals surface area contributed by atoms with Crippen molar-refractivity contribution in [3.8, 4) is 0 Å². The summed E-state index contributed by atoms with van der Waals surface area (Å²) in [5, 5.41) is 1.98. The fraction of sp³-hybridized carbons (Fsp3) is 0.0526. The van der Waals surface area contributed by atoms with Crippen LogP contribution < -0.4 is 0 Å². The van der Waals surface area contributed by atoms with Crippen LogP contribution in [-0.2, 0) is 0 Å². The first-order chi connectivity index (χ1) is 11.8. The van der Waals surface area contributed by atoms with Crippen LogP contribution in [0.15, 0.2) is 60.0 Å². The number of benzene rings is 1. The van der Waals surface area contributed by atoms with E-state index in [1.807, 2.05) is 43.3 Å². The monoisotopic (exact) mass is 313 g/mol. The van der Waals surface area contributed by atoms with Gasteiger partial charge in [0.15, 0.2) is 0 Å². The minimum absolute atomic E-state index is 0.747. The van der Waals surface area contributed by atoms with Gasteiger partial charge in [0.1, 0.15) is 5.82 Å². The lowest BCUT2D eigenvalue weighted by molar-refractivity contribution is 1.27. The van der Waals surface area contributed by atoms with Crippen LogP contribution in [0, 0.1) is 0 Å². The average molecular weight is 313 g/mol. The Hall–Kier alpha value is -3.34. The van der Waals surface area contributed by atoms with Gasteiger partial charge in [-0.3, -0.25) is 15.0 Å². The molecule has 0 radical (unpaired) electrons. The Kier molecular flexibility index (Phi) is 3.39. The number of aliphatic imine (C=N–C) groups is 1. The molecule has 0 bridgehead atoms. The molecule has 0 aliphatic heterocycles. The molecule has 0 fully saturated rings. The van der Waals surface area contributed by atoms with Crippen molar-refractivity contribution in [1.29, 1.82) is 0 Å². The molecule has 0 atom stereocenters. The Balaban J connectivity index is 2.17. The Morgan fingerprint density at radius 3 is 2.50 bits per heavy atom. The van der Waals surface area contributed by atoms with Crippen LogP contribution in [0.3, 0.4) is 0 Å². The van der Waals surface area contributed by atoms with Crippen LogP contribution in [0.25, 0.3) is 38.4 Å². The summed E-state index contributed by atoms with van der Waals surface area (Å²) in [5.74, 6) is 0.747. The third-order valence-electron chi connectivity index (χ3n) is 3.92. The first-order valence-electron chi connectivity index (χ1n) is 7.63. The number of H-pyrrole nitrogens is 1. The normalized spacial score (nSPS) is 12.6. The number of nitrogens with one attached hydrogen (secondary N) is 1. The largest absolute Gasteiger partial charge is 0.337 e. The maximum absolute atomic E-state index is 4.80. The molecule has 1 N–H and O–H groups in total. The standard InChI is InChI=1S/C19H15N5/c1-3-6-12(11-20-2)19-23-17-13-7-4-9-21-15(13)16-14(18(17)24-19)8-5-10-22-16/h3-11H,2H2,1H3,(H,23,24)/b6-3-,12-11+. The van der Waals surface area contributed by atoms with E-state index in [4.69, 9.17) is 4.98 Å². The first-order valence-corrected chi connectivity index (χ1v) is 7.63. The highest BCUT2D eigenvalue weighted by Gasteiger charge is 2.15. The number of nitrogens with zero attached hydrogens (tertiary/aromatic N) is 4. The fourth-order valence-electron chi connectivity index (χ4n) is 2.94. The van der Waals surface area contributed by atoms with Crippen LogP contribution in [0.5, 0.6) is 0 Å². The van der Waals surface area contributed by atoms with Gasteiger partial charge >= 0.3 is 0 Å². The third kappa shape index (κ3) is 2.10.